The molecule has 4 aliphatic carbocycles. The third-order valence-electron chi connectivity index (χ3n) is 13.2. The average Bonchev–Trinajstić information content (AvgIpc) is 3.43. The van der Waals surface area contributed by atoms with Crippen LogP contribution in [0.3, 0.4) is 0 Å². The number of rotatable bonds is 6. The molecule has 5 heteroatoms. The highest BCUT2D eigenvalue weighted by Crippen LogP contribution is 2.73. The molecule has 1 saturated heterocycles. The molecule has 0 spiro atoms. The fourth-order valence-corrected chi connectivity index (χ4v) is 10.7. The third kappa shape index (κ3) is 3.87. The van der Waals surface area contributed by atoms with Gasteiger partial charge in [-0.1, -0.05) is 53.2 Å². The zero-order valence-electron chi connectivity index (χ0n) is 25.4. The van der Waals surface area contributed by atoms with Crippen LogP contribution in [0, 0.1) is 45.3 Å². The van der Waals surface area contributed by atoms with Crippen LogP contribution in [0.15, 0.2) is 11.6 Å². The van der Waals surface area contributed by atoms with Gasteiger partial charge in [-0.2, -0.15) is 0 Å². The first-order valence-corrected chi connectivity index (χ1v) is 15.3. The highest BCUT2D eigenvalue weighted by molar-refractivity contribution is 5.82. The summed E-state index contributed by atoms with van der Waals surface area (Å²) >= 11 is 0. The van der Waals surface area contributed by atoms with Crippen LogP contribution in [0.5, 0.6) is 0 Å². The Labute approximate surface area is 230 Å². The number of carbonyl (C=O) groups excluding carboxylic acids is 2. The van der Waals surface area contributed by atoms with E-state index < -0.39 is 5.60 Å². The fourth-order valence-electron chi connectivity index (χ4n) is 10.7. The van der Waals surface area contributed by atoms with Crippen molar-refractivity contribution in [3.8, 4) is 0 Å². The number of hydrogen-bond acceptors (Lipinski definition) is 5. The van der Waals surface area contributed by atoms with Gasteiger partial charge < -0.3 is 14.2 Å². The van der Waals surface area contributed by atoms with E-state index in [4.69, 9.17) is 14.2 Å². The average molecular weight is 529 g/mol. The van der Waals surface area contributed by atoms with Gasteiger partial charge in [0.2, 0.25) is 0 Å². The number of ether oxygens (including phenoxy) is 3. The SMILES string of the molecule is COC(=O)[C@@]1(C)O[C@H]1CC[C@@H](C)[C@H]1CC[C@@]2(C)[C@@H]3CC[C@H]4C(C)(C)[C@H](OC(C)=O)CC[C@]4(C)C3=CC[C@]12C. The predicted molar refractivity (Wildman–Crippen MR) is 148 cm³/mol. The van der Waals surface area contributed by atoms with Crippen molar-refractivity contribution in [1.29, 1.82) is 0 Å². The lowest BCUT2D eigenvalue weighted by Gasteiger charge is -2.64. The summed E-state index contributed by atoms with van der Waals surface area (Å²) in [5.74, 6) is 2.10. The van der Waals surface area contributed by atoms with E-state index in [1.807, 2.05) is 6.92 Å². The first-order valence-electron chi connectivity index (χ1n) is 15.3. The standard InChI is InChI=1S/C33H52O5/c1-20(10-13-27-33(8,38-27)28(35)36-9)22-14-18-32(7)24-11-12-25-29(3,4)26(37-21(2)34)16-17-30(25,5)23(24)15-19-31(22,32)6/h15,20,22,24-27H,10-14,16-19H2,1-9H3/t20-,22-,24-,25+,26-,27+,30-,31-,32+,33+/m1/s1. The van der Waals surface area contributed by atoms with Crippen LogP contribution in [-0.4, -0.2) is 36.9 Å². The van der Waals surface area contributed by atoms with Crippen molar-refractivity contribution in [1.82, 2.24) is 0 Å². The summed E-state index contributed by atoms with van der Waals surface area (Å²) in [5.41, 5.74) is 1.79. The lowest BCUT2D eigenvalue weighted by atomic mass is 9.41. The maximum absolute atomic E-state index is 12.1. The summed E-state index contributed by atoms with van der Waals surface area (Å²) in [5, 5.41) is 0. The fraction of sp³-hybridized carbons (Fsp3) is 0.879. The van der Waals surface area contributed by atoms with Gasteiger partial charge >= 0.3 is 11.9 Å². The summed E-state index contributed by atoms with van der Waals surface area (Å²) in [4.78, 5) is 23.9. The zero-order valence-corrected chi connectivity index (χ0v) is 25.4. The quantitative estimate of drug-likeness (QED) is 0.206. The van der Waals surface area contributed by atoms with Gasteiger partial charge in [0.05, 0.1) is 13.2 Å². The molecule has 214 valence electrons. The first kappa shape index (κ1) is 28.2. The molecule has 3 saturated carbocycles. The minimum absolute atomic E-state index is 0.00321. The van der Waals surface area contributed by atoms with E-state index in [-0.39, 0.29) is 35.0 Å². The summed E-state index contributed by atoms with van der Waals surface area (Å²) in [6.45, 7) is 18.3. The Hall–Kier alpha value is -1.36. The Bertz CT molecular complexity index is 1010. The summed E-state index contributed by atoms with van der Waals surface area (Å²) in [6, 6.07) is 0. The van der Waals surface area contributed by atoms with E-state index in [0.717, 1.165) is 25.7 Å². The Balaban J connectivity index is 1.34. The molecule has 0 amide bonds. The van der Waals surface area contributed by atoms with E-state index in [1.165, 1.54) is 39.2 Å². The van der Waals surface area contributed by atoms with Gasteiger partial charge in [0, 0.05) is 12.3 Å². The Morgan fingerprint density at radius 3 is 2.39 bits per heavy atom. The maximum Gasteiger partial charge on any atom is 0.340 e. The van der Waals surface area contributed by atoms with Crippen molar-refractivity contribution in [3.63, 3.8) is 0 Å². The molecule has 38 heavy (non-hydrogen) atoms. The van der Waals surface area contributed by atoms with Crippen LogP contribution < -0.4 is 0 Å². The van der Waals surface area contributed by atoms with Crippen molar-refractivity contribution in [2.75, 3.05) is 7.11 Å². The number of fused-ring (bicyclic) bond motifs is 5. The molecule has 0 N–H and O–H groups in total. The van der Waals surface area contributed by atoms with E-state index in [0.29, 0.717) is 34.5 Å². The summed E-state index contributed by atoms with van der Waals surface area (Å²) in [6.07, 6.45) is 13.1. The highest BCUT2D eigenvalue weighted by atomic mass is 16.7. The minimum Gasteiger partial charge on any atom is -0.467 e. The molecule has 1 aliphatic heterocycles. The number of methoxy groups -OCH3 is 1. The van der Waals surface area contributed by atoms with Crippen molar-refractivity contribution >= 4 is 11.9 Å². The number of epoxide rings is 1. The second-order valence-corrected chi connectivity index (χ2v) is 15.2. The molecule has 5 nitrogen and oxygen atoms in total. The maximum atomic E-state index is 12.1. The largest absolute Gasteiger partial charge is 0.467 e. The Kier molecular flexibility index (Phi) is 6.73. The minimum atomic E-state index is -0.735. The topological polar surface area (TPSA) is 65.1 Å². The van der Waals surface area contributed by atoms with E-state index in [1.54, 1.807) is 12.5 Å². The third-order valence-corrected chi connectivity index (χ3v) is 13.2. The number of allylic oxidation sites excluding steroid dienone is 2. The molecule has 0 radical (unpaired) electrons. The molecule has 0 aromatic heterocycles. The van der Waals surface area contributed by atoms with Gasteiger partial charge in [-0.05, 0) is 105 Å². The molecular formula is C33H52O5. The predicted octanol–water partition coefficient (Wildman–Crippen LogP) is 7.27. The van der Waals surface area contributed by atoms with Crippen LogP contribution in [0.25, 0.3) is 0 Å². The monoisotopic (exact) mass is 528 g/mol. The molecule has 5 rings (SSSR count). The van der Waals surface area contributed by atoms with Crippen molar-refractivity contribution in [2.24, 2.45) is 45.3 Å². The molecule has 4 fully saturated rings. The number of esters is 2. The number of carbonyl (C=O) groups is 2. The van der Waals surface area contributed by atoms with Crippen molar-refractivity contribution in [2.45, 2.75) is 131 Å². The van der Waals surface area contributed by atoms with Gasteiger partial charge in [-0.25, -0.2) is 4.79 Å². The molecule has 10 atom stereocenters. The van der Waals surface area contributed by atoms with Crippen LogP contribution >= 0.6 is 0 Å². The lowest BCUT2D eigenvalue weighted by molar-refractivity contribution is -0.170. The molecule has 1 heterocycles. The second-order valence-electron chi connectivity index (χ2n) is 15.2. The number of hydrogen-bond donors (Lipinski definition) is 0. The molecule has 0 aromatic rings. The Morgan fingerprint density at radius 1 is 1.03 bits per heavy atom. The zero-order chi connectivity index (χ0) is 27.9. The molecule has 0 aromatic carbocycles. The van der Waals surface area contributed by atoms with Crippen LogP contribution in [0.4, 0.5) is 0 Å². The molecule has 5 aliphatic rings. The Morgan fingerprint density at radius 2 is 1.74 bits per heavy atom. The van der Waals surface area contributed by atoms with Gasteiger partial charge in [0.25, 0.3) is 0 Å². The van der Waals surface area contributed by atoms with Crippen LogP contribution in [0.2, 0.25) is 0 Å². The molecule has 0 bridgehead atoms. The lowest BCUT2D eigenvalue weighted by Crippen LogP contribution is -2.58. The summed E-state index contributed by atoms with van der Waals surface area (Å²) in [7, 11) is 1.44. The van der Waals surface area contributed by atoms with Gasteiger partial charge in [0.15, 0.2) is 5.60 Å². The molecule has 0 unspecified atom stereocenters. The van der Waals surface area contributed by atoms with Crippen LogP contribution in [0.1, 0.15) is 113 Å². The van der Waals surface area contributed by atoms with Crippen molar-refractivity contribution < 1.29 is 23.8 Å². The van der Waals surface area contributed by atoms with E-state index in [2.05, 4.69) is 47.6 Å². The molecular weight excluding hydrogens is 476 g/mol. The smallest absolute Gasteiger partial charge is 0.340 e. The van der Waals surface area contributed by atoms with E-state index >= 15 is 0 Å². The van der Waals surface area contributed by atoms with Crippen molar-refractivity contribution in [3.05, 3.63) is 11.6 Å². The first-order chi connectivity index (χ1) is 17.6. The highest BCUT2D eigenvalue weighted by Gasteiger charge is 2.66. The van der Waals surface area contributed by atoms with Gasteiger partial charge in [-0.15, -0.1) is 0 Å². The van der Waals surface area contributed by atoms with Crippen LogP contribution in [-0.2, 0) is 23.8 Å². The van der Waals surface area contributed by atoms with E-state index in [9.17, 15) is 9.59 Å². The van der Waals surface area contributed by atoms with Gasteiger partial charge in [-0.3, -0.25) is 4.79 Å². The normalized spacial score (nSPS) is 47.6. The van der Waals surface area contributed by atoms with Gasteiger partial charge in [0.1, 0.15) is 6.10 Å². The summed E-state index contributed by atoms with van der Waals surface area (Å²) < 4.78 is 16.6. The second kappa shape index (κ2) is 9.08.